The zero-order valence-electron chi connectivity index (χ0n) is 7.22. The van der Waals surface area contributed by atoms with Crippen molar-refractivity contribution >= 4 is 11.7 Å². The second-order valence-corrected chi connectivity index (χ2v) is 2.49. The van der Waals surface area contributed by atoms with Crippen molar-refractivity contribution in [2.75, 3.05) is 0 Å². The third kappa shape index (κ3) is 1.98. The number of rotatable bonds is 2. The Balaban J connectivity index is 3.16. The Morgan fingerprint density at radius 3 is 2.50 bits per heavy atom. The number of phenols is 2. The molecule has 0 radical (unpaired) electrons. The first-order chi connectivity index (χ1) is 6.54. The van der Waals surface area contributed by atoms with Gasteiger partial charge in [0.2, 0.25) is 0 Å². The first kappa shape index (κ1) is 9.97. The number of nitroso groups, excluding NO2 is 1. The molecule has 0 heterocycles. The zero-order chi connectivity index (χ0) is 10.7. The maximum atomic E-state index is 10.5. The van der Waals surface area contributed by atoms with Gasteiger partial charge in [-0.3, -0.25) is 4.79 Å². The van der Waals surface area contributed by atoms with Gasteiger partial charge < -0.3 is 14.9 Å². The fraction of sp³-hybridized carbons (Fsp3) is 0.125. The van der Waals surface area contributed by atoms with Crippen LogP contribution in [0, 0.1) is 4.91 Å². The van der Waals surface area contributed by atoms with Gasteiger partial charge in [-0.15, -0.1) is 4.91 Å². The van der Waals surface area contributed by atoms with Crippen molar-refractivity contribution in [2.24, 2.45) is 5.18 Å². The lowest BCUT2D eigenvalue weighted by Crippen LogP contribution is -2.01. The number of nitrogens with zero attached hydrogens (tertiary/aromatic N) is 1. The van der Waals surface area contributed by atoms with Crippen LogP contribution < -0.4 is 4.74 Å². The molecule has 0 bridgehead atoms. The van der Waals surface area contributed by atoms with Crippen LogP contribution in [-0.4, -0.2) is 16.2 Å². The van der Waals surface area contributed by atoms with E-state index in [-0.39, 0.29) is 11.4 Å². The predicted molar refractivity (Wildman–Crippen MR) is 46.5 cm³/mol. The summed E-state index contributed by atoms with van der Waals surface area (Å²) in [6, 6.07) is 1.84. The summed E-state index contributed by atoms with van der Waals surface area (Å²) in [6.07, 6.45) is 0. The molecule has 0 atom stereocenters. The smallest absolute Gasteiger partial charge is 0.308 e. The highest BCUT2D eigenvalue weighted by Crippen LogP contribution is 2.37. The van der Waals surface area contributed by atoms with E-state index in [0.29, 0.717) is 0 Å². The molecule has 14 heavy (non-hydrogen) atoms. The van der Waals surface area contributed by atoms with Gasteiger partial charge in [0.05, 0.1) is 0 Å². The Bertz CT molecular complexity index is 388. The summed E-state index contributed by atoms with van der Waals surface area (Å²) < 4.78 is 4.54. The number of hydrogen-bond donors (Lipinski definition) is 2. The van der Waals surface area contributed by atoms with E-state index in [0.717, 1.165) is 19.1 Å². The van der Waals surface area contributed by atoms with Crippen molar-refractivity contribution in [3.05, 3.63) is 17.0 Å². The van der Waals surface area contributed by atoms with Crippen molar-refractivity contribution < 1.29 is 19.7 Å². The predicted octanol–water partition coefficient (Wildman–Crippen LogP) is 1.42. The second-order valence-electron chi connectivity index (χ2n) is 2.49. The first-order valence-corrected chi connectivity index (χ1v) is 3.62. The van der Waals surface area contributed by atoms with Gasteiger partial charge >= 0.3 is 5.97 Å². The van der Waals surface area contributed by atoms with Gasteiger partial charge in [0.1, 0.15) is 5.75 Å². The van der Waals surface area contributed by atoms with E-state index in [9.17, 15) is 14.8 Å². The average Bonchev–Trinajstić information content (AvgIpc) is 2.09. The van der Waals surface area contributed by atoms with Gasteiger partial charge in [0.25, 0.3) is 0 Å². The van der Waals surface area contributed by atoms with Gasteiger partial charge in [-0.2, -0.15) is 0 Å². The van der Waals surface area contributed by atoms with Crippen molar-refractivity contribution in [1.29, 1.82) is 0 Å². The fourth-order valence-electron chi connectivity index (χ4n) is 0.856. The minimum atomic E-state index is -0.650. The normalized spacial score (nSPS) is 9.50. The third-order valence-corrected chi connectivity index (χ3v) is 1.41. The number of carbonyl (C=O) groups excluding carboxylic acids is 1. The molecule has 0 amide bonds. The minimum Gasteiger partial charge on any atom is -0.505 e. The van der Waals surface area contributed by atoms with Crippen LogP contribution in [0.4, 0.5) is 5.69 Å². The van der Waals surface area contributed by atoms with E-state index in [1.807, 2.05) is 0 Å². The van der Waals surface area contributed by atoms with Crippen LogP contribution in [0.1, 0.15) is 6.92 Å². The molecule has 0 aromatic heterocycles. The van der Waals surface area contributed by atoms with Gasteiger partial charge in [0, 0.05) is 19.1 Å². The summed E-state index contributed by atoms with van der Waals surface area (Å²) in [6.45, 7) is 1.14. The number of ether oxygens (including phenoxy) is 1. The highest BCUT2D eigenvalue weighted by Gasteiger charge is 2.11. The summed E-state index contributed by atoms with van der Waals surface area (Å²) in [5.41, 5.74) is -0.306. The molecule has 0 aliphatic rings. The lowest BCUT2D eigenvalue weighted by atomic mass is 10.2. The van der Waals surface area contributed by atoms with E-state index in [1.54, 1.807) is 0 Å². The molecule has 0 fully saturated rings. The van der Waals surface area contributed by atoms with Crippen LogP contribution in [0.3, 0.4) is 0 Å². The maximum Gasteiger partial charge on any atom is 0.308 e. The standard InChI is InChI=1S/C8H7NO5/c1-4(10)14-8-2-5(9-13)6(11)3-7(8)12/h2-3,11-12H,1H3. The van der Waals surface area contributed by atoms with Crippen LogP contribution >= 0.6 is 0 Å². The molecule has 0 unspecified atom stereocenters. The fourth-order valence-corrected chi connectivity index (χ4v) is 0.856. The minimum absolute atomic E-state index is 0.218. The molecule has 6 heteroatoms. The molecule has 0 aliphatic heterocycles. The van der Waals surface area contributed by atoms with Crippen LogP contribution in [0.5, 0.6) is 17.2 Å². The van der Waals surface area contributed by atoms with Crippen molar-refractivity contribution in [3.8, 4) is 17.2 Å². The highest BCUT2D eigenvalue weighted by molar-refractivity contribution is 5.72. The van der Waals surface area contributed by atoms with E-state index in [2.05, 4.69) is 9.91 Å². The second kappa shape index (κ2) is 3.73. The Morgan fingerprint density at radius 1 is 1.36 bits per heavy atom. The van der Waals surface area contributed by atoms with E-state index < -0.39 is 17.5 Å². The molecule has 74 valence electrons. The molecule has 1 rings (SSSR count). The molecular formula is C8H7NO5. The molecule has 0 saturated heterocycles. The molecular weight excluding hydrogens is 190 g/mol. The third-order valence-electron chi connectivity index (χ3n) is 1.41. The van der Waals surface area contributed by atoms with Gasteiger partial charge in [-0.05, 0) is 5.18 Å². The Morgan fingerprint density at radius 2 is 2.00 bits per heavy atom. The number of carbonyl (C=O) groups is 1. The summed E-state index contributed by atoms with van der Waals surface area (Å²) in [4.78, 5) is 20.7. The Labute approximate surface area is 78.7 Å². The SMILES string of the molecule is CC(=O)Oc1cc(N=O)c(O)cc1O. The van der Waals surface area contributed by atoms with Crippen LogP contribution in [0.15, 0.2) is 17.3 Å². The molecule has 0 spiro atoms. The van der Waals surface area contributed by atoms with Gasteiger partial charge in [-0.25, -0.2) is 0 Å². The van der Waals surface area contributed by atoms with E-state index >= 15 is 0 Å². The van der Waals surface area contributed by atoms with Crippen LogP contribution in [0.25, 0.3) is 0 Å². The Hall–Kier alpha value is -2.11. The topological polar surface area (TPSA) is 96.2 Å². The quantitative estimate of drug-likeness (QED) is 0.424. The van der Waals surface area contributed by atoms with Crippen LogP contribution in [-0.2, 0) is 4.79 Å². The lowest BCUT2D eigenvalue weighted by Gasteiger charge is -2.04. The van der Waals surface area contributed by atoms with Gasteiger partial charge in [0.15, 0.2) is 17.2 Å². The molecule has 0 saturated carbocycles. The summed E-state index contributed by atoms with van der Waals surface area (Å²) >= 11 is 0. The molecule has 6 nitrogen and oxygen atoms in total. The lowest BCUT2D eigenvalue weighted by molar-refractivity contribution is -0.132. The van der Waals surface area contributed by atoms with Gasteiger partial charge in [-0.1, -0.05) is 0 Å². The first-order valence-electron chi connectivity index (χ1n) is 3.62. The average molecular weight is 197 g/mol. The summed E-state index contributed by atoms with van der Waals surface area (Å²) in [5.74, 6) is -1.79. The number of aromatic hydroxyl groups is 2. The number of hydrogen-bond acceptors (Lipinski definition) is 6. The molecule has 0 aliphatic carbocycles. The molecule has 1 aromatic rings. The summed E-state index contributed by atoms with van der Waals surface area (Å²) in [7, 11) is 0. The van der Waals surface area contributed by atoms with Crippen LogP contribution in [0.2, 0.25) is 0 Å². The Kier molecular flexibility index (Phi) is 2.66. The van der Waals surface area contributed by atoms with Crippen molar-refractivity contribution in [2.45, 2.75) is 6.92 Å². The summed E-state index contributed by atoms with van der Waals surface area (Å²) in [5, 5.41) is 20.7. The monoisotopic (exact) mass is 197 g/mol. The molecule has 1 aromatic carbocycles. The largest absolute Gasteiger partial charge is 0.505 e. The number of esters is 1. The van der Waals surface area contributed by atoms with Crippen molar-refractivity contribution in [1.82, 2.24) is 0 Å². The molecule has 2 N–H and O–H groups in total. The van der Waals surface area contributed by atoms with E-state index in [4.69, 9.17) is 5.11 Å². The highest BCUT2D eigenvalue weighted by atomic mass is 16.5. The van der Waals surface area contributed by atoms with Crippen molar-refractivity contribution in [3.63, 3.8) is 0 Å². The van der Waals surface area contributed by atoms with E-state index in [1.165, 1.54) is 0 Å². The zero-order valence-corrected chi connectivity index (χ0v) is 7.22. The number of phenolic OH excluding ortho intramolecular Hbond substituents is 2. The maximum absolute atomic E-state index is 10.5. The number of benzene rings is 1.